The van der Waals surface area contributed by atoms with E-state index in [9.17, 15) is 9.90 Å². The number of anilines is 2. The number of fused-ring (bicyclic) bond motifs is 1. The van der Waals surface area contributed by atoms with E-state index in [1.807, 2.05) is 42.5 Å². The van der Waals surface area contributed by atoms with Crippen LogP contribution in [0.15, 0.2) is 67.1 Å². The van der Waals surface area contributed by atoms with Gasteiger partial charge in [0.05, 0.1) is 27.7 Å². The van der Waals surface area contributed by atoms with Gasteiger partial charge in [-0.2, -0.15) is 0 Å². The number of pyridine rings is 1. The van der Waals surface area contributed by atoms with Gasteiger partial charge in [-0.1, -0.05) is 23.7 Å². The molecule has 39 heavy (non-hydrogen) atoms. The van der Waals surface area contributed by atoms with E-state index in [4.69, 9.17) is 21.1 Å². The Morgan fingerprint density at radius 3 is 2.74 bits per heavy atom. The van der Waals surface area contributed by atoms with Gasteiger partial charge in [0.15, 0.2) is 0 Å². The SMILES string of the molecule is CC(C)(O)C(=O)N1CCC[C@@H]1COc1cccc2ncnc(Nc3ccc(OCc4ccccn4)c(Cl)c3)c12. The highest BCUT2D eigenvalue weighted by Gasteiger charge is 2.36. The van der Waals surface area contributed by atoms with Crippen molar-refractivity contribution in [1.82, 2.24) is 19.9 Å². The first-order valence-corrected chi connectivity index (χ1v) is 13.2. The highest BCUT2D eigenvalue weighted by molar-refractivity contribution is 6.32. The van der Waals surface area contributed by atoms with Crippen LogP contribution in [0.3, 0.4) is 0 Å². The summed E-state index contributed by atoms with van der Waals surface area (Å²) in [4.78, 5) is 27.5. The van der Waals surface area contributed by atoms with E-state index in [-0.39, 0.29) is 11.9 Å². The molecule has 1 fully saturated rings. The maximum absolute atomic E-state index is 12.7. The number of rotatable bonds is 9. The molecule has 0 spiro atoms. The van der Waals surface area contributed by atoms with Crippen molar-refractivity contribution < 1.29 is 19.4 Å². The number of aromatic nitrogens is 3. The Balaban J connectivity index is 1.33. The van der Waals surface area contributed by atoms with Crippen molar-refractivity contribution in [3.8, 4) is 11.5 Å². The molecule has 1 saturated heterocycles. The zero-order chi connectivity index (χ0) is 27.4. The van der Waals surface area contributed by atoms with Crippen molar-refractivity contribution in [3.63, 3.8) is 0 Å². The summed E-state index contributed by atoms with van der Waals surface area (Å²) in [6.07, 6.45) is 4.88. The lowest BCUT2D eigenvalue weighted by molar-refractivity contribution is -0.149. The summed E-state index contributed by atoms with van der Waals surface area (Å²) >= 11 is 6.51. The van der Waals surface area contributed by atoms with Crippen LogP contribution in [0.2, 0.25) is 5.02 Å². The van der Waals surface area contributed by atoms with Gasteiger partial charge in [0.2, 0.25) is 0 Å². The molecular formula is C29H30ClN5O4. The summed E-state index contributed by atoms with van der Waals surface area (Å²) in [6.45, 7) is 4.23. The molecule has 0 saturated carbocycles. The predicted molar refractivity (Wildman–Crippen MR) is 149 cm³/mol. The van der Waals surface area contributed by atoms with Gasteiger partial charge in [0.1, 0.15) is 42.5 Å². The normalized spacial score (nSPS) is 15.4. The fourth-order valence-corrected chi connectivity index (χ4v) is 4.81. The van der Waals surface area contributed by atoms with E-state index in [1.54, 1.807) is 23.2 Å². The molecular weight excluding hydrogens is 518 g/mol. The molecule has 9 nitrogen and oxygen atoms in total. The zero-order valence-electron chi connectivity index (χ0n) is 21.8. The van der Waals surface area contributed by atoms with Gasteiger partial charge < -0.3 is 24.8 Å². The van der Waals surface area contributed by atoms with Gasteiger partial charge in [-0.15, -0.1) is 0 Å². The minimum absolute atomic E-state index is 0.127. The Kier molecular flexibility index (Phi) is 7.81. The number of ether oxygens (including phenoxy) is 2. The minimum atomic E-state index is -1.42. The first-order chi connectivity index (χ1) is 18.8. The Bertz CT molecular complexity index is 1460. The molecule has 0 radical (unpaired) electrons. The maximum atomic E-state index is 12.7. The van der Waals surface area contributed by atoms with E-state index in [1.165, 1.54) is 20.2 Å². The molecule has 4 aromatic rings. The molecule has 0 aliphatic carbocycles. The second-order valence-corrected chi connectivity index (χ2v) is 10.3. The molecule has 1 atom stereocenters. The quantitative estimate of drug-likeness (QED) is 0.296. The van der Waals surface area contributed by atoms with Gasteiger partial charge >= 0.3 is 0 Å². The molecule has 3 heterocycles. The average molecular weight is 548 g/mol. The molecule has 0 bridgehead atoms. The second-order valence-electron chi connectivity index (χ2n) is 9.92. The molecule has 0 unspecified atom stereocenters. The Hall–Kier alpha value is -3.95. The van der Waals surface area contributed by atoms with Crippen LogP contribution < -0.4 is 14.8 Å². The summed E-state index contributed by atoms with van der Waals surface area (Å²) < 4.78 is 12.1. The largest absolute Gasteiger partial charge is 0.491 e. The summed E-state index contributed by atoms with van der Waals surface area (Å²) in [5, 5.41) is 14.7. The topological polar surface area (TPSA) is 110 Å². The number of nitrogens with zero attached hydrogens (tertiary/aromatic N) is 4. The van der Waals surface area contributed by atoms with Crippen molar-refractivity contribution in [2.75, 3.05) is 18.5 Å². The van der Waals surface area contributed by atoms with Gasteiger partial charge in [-0.25, -0.2) is 9.97 Å². The third kappa shape index (κ3) is 6.21. The standard InChI is InChI=1S/C29H30ClN5O4/c1-29(2,37)28(36)35-14-6-8-21(35)17-39-25-10-5-9-23-26(25)27(33-18-32-23)34-19-11-12-24(22(30)15-19)38-16-20-7-3-4-13-31-20/h3-5,7,9-13,15,18,21,37H,6,8,14,16-17H2,1-2H3,(H,32,33,34)/t21-/m1/s1. The van der Waals surface area contributed by atoms with Crippen LogP contribution in [-0.2, 0) is 11.4 Å². The fraction of sp³-hybridized carbons (Fsp3) is 0.310. The van der Waals surface area contributed by atoms with Gasteiger partial charge in [-0.05, 0) is 69.2 Å². The van der Waals surface area contributed by atoms with Crippen LogP contribution in [-0.4, -0.2) is 55.7 Å². The number of hydrogen-bond donors (Lipinski definition) is 2. The summed E-state index contributed by atoms with van der Waals surface area (Å²) in [5.74, 6) is 1.41. The second kappa shape index (κ2) is 11.4. The average Bonchev–Trinajstić information content (AvgIpc) is 3.39. The lowest BCUT2D eigenvalue weighted by Gasteiger charge is -2.30. The first-order valence-electron chi connectivity index (χ1n) is 12.8. The van der Waals surface area contributed by atoms with Crippen LogP contribution in [0.5, 0.6) is 11.5 Å². The van der Waals surface area contributed by atoms with Crippen molar-refractivity contribution in [3.05, 3.63) is 77.8 Å². The van der Waals surface area contributed by atoms with Crippen molar-refractivity contribution in [2.24, 2.45) is 0 Å². The Morgan fingerprint density at radius 2 is 1.97 bits per heavy atom. The molecule has 1 aliphatic heterocycles. The van der Waals surface area contributed by atoms with Crippen LogP contribution in [0.1, 0.15) is 32.4 Å². The van der Waals surface area contributed by atoms with E-state index in [0.29, 0.717) is 53.0 Å². The molecule has 10 heteroatoms. The third-order valence-electron chi connectivity index (χ3n) is 6.51. The van der Waals surface area contributed by atoms with Crippen LogP contribution in [0.4, 0.5) is 11.5 Å². The fourth-order valence-electron chi connectivity index (χ4n) is 4.57. The number of amides is 1. The highest BCUT2D eigenvalue weighted by Crippen LogP contribution is 2.34. The number of carbonyl (C=O) groups excluding carboxylic acids is 1. The molecule has 202 valence electrons. The van der Waals surface area contributed by atoms with E-state index in [2.05, 4.69) is 20.3 Å². The van der Waals surface area contributed by atoms with E-state index in [0.717, 1.165) is 24.2 Å². The molecule has 2 N–H and O–H groups in total. The number of benzene rings is 2. The number of nitrogens with one attached hydrogen (secondary N) is 1. The van der Waals surface area contributed by atoms with Crippen LogP contribution in [0.25, 0.3) is 10.9 Å². The maximum Gasteiger partial charge on any atom is 0.254 e. The third-order valence-corrected chi connectivity index (χ3v) is 6.81. The Morgan fingerprint density at radius 1 is 1.10 bits per heavy atom. The smallest absolute Gasteiger partial charge is 0.254 e. The van der Waals surface area contributed by atoms with Crippen LogP contribution in [0, 0.1) is 0 Å². The number of hydrogen-bond acceptors (Lipinski definition) is 8. The van der Waals surface area contributed by atoms with Crippen LogP contribution >= 0.6 is 11.6 Å². The Labute approximate surface area is 231 Å². The van der Waals surface area contributed by atoms with E-state index < -0.39 is 5.60 Å². The van der Waals surface area contributed by atoms with Gasteiger partial charge in [-0.3, -0.25) is 9.78 Å². The minimum Gasteiger partial charge on any atom is -0.491 e. The molecule has 2 aromatic heterocycles. The first kappa shape index (κ1) is 26.6. The molecule has 2 aromatic carbocycles. The summed E-state index contributed by atoms with van der Waals surface area (Å²) in [5.41, 5.74) is 0.814. The van der Waals surface area contributed by atoms with Crippen molar-refractivity contribution >= 4 is 39.9 Å². The highest BCUT2D eigenvalue weighted by atomic mass is 35.5. The molecule has 5 rings (SSSR count). The van der Waals surface area contributed by atoms with E-state index >= 15 is 0 Å². The number of carbonyl (C=O) groups is 1. The van der Waals surface area contributed by atoms with Gasteiger partial charge in [0.25, 0.3) is 5.91 Å². The number of halogens is 1. The lowest BCUT2D eigenvalue weighted by atomic mass is 10.1. The molecule has 1 amide bonds. The molecule has 1 aliphatic rings. The lowest BCUT2D eigenvalue weighted by Crippen LogP contribution is -2.48. The zero-order valence-corrected chi connectivity index (χ0v) is 22.6. The van der Waals surface area contributed by atoms with Crippen molar-refractivity contribution in [2.45, 2.75) is 44.9 Å². The summed E-state index contributed by atoms with van der Waals surface area (Å²) in [7, 11) is 0. The number of aliphatic hydroxyl groups is 1. The monoisotopic (exact) mass is 547 g/mol. The predicted octanol–water partition coefficient (Wildman–Crippen LogP) is 5.14. The van der Waals surface area contributed by atoms with Crippen molar-refractivity contribution in [1.29, 1.82) is 0 Å². The summed E-state index contributed by atoms with van der Waals surface area (Å²) in [6, 6.07) is 16.6. The number of likely N-dealkylation sites (tertiary alicyclic amines) is 1. The van der Waals surface area contributed by atoms with Gasteiger partial charge in [0, 0.05) is 18.4 Å².